The quantitative estimate of drug-likeness (QED) is 0.755. The van der Waals surface area contributed by atoms with Crippen molar-refractivity contribution in [3.05, 3.63) is 47.3 Å². The number of ether oxygens (including phenoxy) is 2. The lowest BCUT2D eigenvalue weighted by Crippen LogP contribution is -2.25. The van der Waals surface area contributed by atoms with Crippen LogP contribution in [0.2, 0.25) is 0 Å². The van der Waals surface area contributed by atoms with Gasteiger partial charge in [0.2, 0.25) is 0 Å². The summed E-state index contributed by atoms with van der Waals surface area (Å²) in [6.07, 6.45) is -6.33. The largest absolute Gasteiger partial charge is 0.447 e. The predicted molar refractivity (Wildman–Crippen MR) is 95.4 cm³/mol. The van der Waals surface area contributed by atoms with E-state index < -0.39 is 29.7 Å². The van der Waals surface area contributed by atoms with Crippen molar-refractivity contribution in [3.8, 4) is 16.9 Å². The highest BCUT2D eigenvalue weighted by Gasteiger charge is 2.35. The zero-order valence-electron chi connectivity index (χ0n) is 15.4. The number of halogens is 4. The van der Waals surface area contributed by atoms with Crippen molar-refractivity contribution in [1.82, 2.24) is 5.32 Å². The van der Waals surface area contributed by atoms with Gasteiger partial charge in [0.1, 0.15) is 18.2 Å². The van der Waals surface area contributed by atoms with Crippen molar-refractivity contribution in [2.24, 2.45) is 0 Å². The molecule has 0 atom stereocenters. The second-order valence-electron chi connectivity index (χ2n) is 6.23. The maximum Gasteiger partial charge on any atom is 0.416 e. The monoisotopic (exact) mass is 412 g/mol. The van der Waals surface area contributed by atoms with Gasteiger partial charge >= 0.3 is 18.4 Å². The third-order valence-corrected chi connectivity index (χ3v) is 4.31. The number of hydrogen-bond acceptors (Lipinski definition) is 4. The zero-order chi connectivity index (χ0) is 21.3. The molecular weight excluding hydrogens is 396 g/mol. The van der Waals surface area contributed by atoms with E-state index in [9.17, 15) is 27.2 Å². The van der Waals surface area contributed by atoms with Crippen LogP contribution in [0, 0.1) is 12.7 Å². The molecule has 6 nitrogen and oxygen atoms in total. The van der Waals surface area contributed by atoms with Crippen molar-refractivity contribution in [2.45, 2.75) is 13.1 Å². The summed E-state index contributed by atoms with van der Waals surface area (Å²) in [5.74, 6) is -0.777. The Hall–Kier alpha value is -3.30. The fraction of sp³-hybridized carbons (Fsp3) is 0.263. The minimum absolute atomic E-state index is 0.00167. The van der Waals surface area contributed by atoms with E-state index in [-0.39, 0.29) is 41.3 Å². The van der Waals surface area contributed by atoms with E-state index in [1.807, 2.05) is 0 Å². The van der Waals surface area contributed by atoms with E-state index in [1.54, 1.807) is 0 Å². The maximum absolute atomic E-state index is 14.0. The summed E-state index contributed by atoms with van der Waals surface area (Å²) in [5.41, 5.74) is -0.836. The Labute approximate surface area is 163 Å². The number of cyclic esters (lactones) is 1. The van der Waals surface area contributed by atoms with E-state index >= 15 is 0 Å². The lowest BCUT2D eigenvalue weighted by Gasteiger charge is -2.23. The highest BCUT2D eigenvalue weighted by molar-refractivity contribution is 5.97. The van der Waals surface area contributed by atoms with Crippen LogP contribution in [0.15, 0.2) is 30.3 Å². The summed E-state index contributed by atoms with van der Waals surface area (Å²) in [6.45, 7) is 1.41. The van der Waals surface area contributed by atoms with E-state index in [0.29, 0.717) is 0 Å². The summed E-state index contributed by atoms with van der Waals surface area (Å²) in [5, 5.41) is 2.24. The second kappa shape index (κ2) is 7.61. The number of aryl methyl sites for hydroxylation is 1. The first-order valence-electron chi connectivity index (χ1n) is 8.47. The van der Waals surface area contributed by atoms with E-state index in [1.165, 1.54) is 20.0 Å². The normalized spacial score (nSPS) is 14.0. The molecule has 1 N–H and O–H groups in total. The number of hydrogen-bond donors (Lipinski definition) is 1. The van der Waals surface area contributed by atoms with Crippen LogP contribution in [0.5, 0.6) is 5.75 Å². The fourth-order valence-electron chi connectivity index (χ4n) is 3.05. The predicted octanol–water partition coefficient (Wildman–Crippen LogP) is 4.49. The van der Waals surface area contributed by atoms with Crippen molar-refractivity contribution >= 4 is 17.9 Å². The van der Waals surface area contributed by atoms with Crippen LogP contribution < -0.4 is 15.0 Å². The smallest absolute Gasteiger partial charge is 0.416 e. The fourth-order valence-corrected chi connectivity index (χ4v) is 3.05. The van der Waals surface area contributed by atoms with Crippen molar-refractivity contribution in [3.63, 3.8) is 0 Å². The Morgan fingerprint density at radius 1 is 1.24 bits per heavy atom. The molecule has 154 valence electrons. The molecule has 1 aliphatic heterocycles. The Morgan fingerprint density at radius 2 is 1.97 bits per heavy atom. The van der Waals surface area contributed by atoms with Gasteiger partial charge in [-0.15, -0.1) is 0 Å². The number of anilines is 1. The molecule has 1 heterocycles. The summed E-state index contributed by atoms with van der Waals surface area (Å²) in [7, 11) is 1.32. The molecule has 10 heteroatoms. The molecule has 0 aliphatic carbocycles. The number of amides is 2. The number of carbonyl (C=O) groups is 2. The first-order valence-corrected chi connectivity index (χ1v) is 8.47. The molecule has 0 aromatic heterocycles. The lowest BCUT2D eigenvalue weighted by atomic mass is 9.94. The van der Waals surface area contributed by atoms with Crippen LogP contribution in [0.4, 0.5) is 32.8 Å². The average molecular weight is 412 g/mol. The number of carbonyl (C=O) groups excluding carboxylic acids is 2. The van der Waals surface area contributed by atoms with Crippen LogP contribution in [0.3, 0.4) is 0 Å². The Morgan fingerprint density at radius 3 is 2.55 bits per heavy atom. The van der Waals surface area contributed by atoms with Crippen LogP contribution in [0.1, 0.15) is 11.1 Å². The van der Waals surface area contributed by atoms with Gasteiger partial charge in [0.05, 0.1) is 17.8 Å². The van der Waals surface area contributed by atoms with Crippen molar-refractivity contribution in [2.75, 3.05) is 25.1 Å². The first-order chi connectivity index (χ1) is 13.6. The Bertz CT molecular complexity index is 975. The molecule has 0 unspecified atom stereocenters. The number of alkyl halides is 3. The van der Waals surface area contributed by atoms with Crippen molar-refractivity contribution < 1.29 is 36.6 Å². The van der Waals surface area contributed by atoms with Gasteiger partial charge in [-0.25, -0.2) is 14.0 Å². The molecule has 0 bridgehead atoms. The standard InChI is InChI=1S/C19H16F4N2O4/c1-10-7-11(19(21,22)23)8-14(25-5-6-28-18(25)27)16(10)13-9-12(20)3-4-15(13)29-17(26)24-2/h3-4,7-9H,5-6H2,1-2H3,(H,24,26). The van der Waals surface area contributed by atoms with Crippen LogP contribution in [0.25, 0.3) is 11.1 Å². The molecule has 2 aromatic carbocycles. The zero-order valence-corrected chi connectivity index (χ0v) is 15.4. The van der Waals surface area contributed by atoms with E-state index in [4.69, 9.17) is 9.47 Å². The van der Waals surface area contributed by atoms with Gasteiger partial charge in [0, 0.05) is 18.2 Å². The Balaban J connectivity index is 2.28. The van der Waals surface area contributed by atoms with Gasteiger partial charge in [-0.1, -0.05) is 0 Å². The molecule has 29 heavy (non-hydrogen) atoms. The lowest BCUT2D eigenvalue weighted by molar-refractivity contribution is -0.137. The van der Waals surface area contributed by atoms with Gasteiger partial charge in [0.15, 0.2) is 0 Å². The summed E-state index contributed by atoms with van der Waals surface area (Å²) in [6, 6.07) is 4.94. The minimum Gasteiger partial charge on any atom is -0.447 e. The molecular formula is C19H16F4N2O4. The van der Waals surface area contributed by atoms with Gasteiger partial charge in [-0.05, 0) is 42.8 Å². The van der Waals surface area contributed by atoms with Crippen LogP contribution in [-0.2, 0) is 10.9 Å². The Kier molecular flexibility index (Phi) is 5.36. The number of nitrogens with zero attached hydrogens (tertiary/aromatic N) is 1. The van der Waals surface area contributed by atoms with Gasteiger partial charge in [0.25, 0.3) is 0 Å². The second-order valence-corrected chi connectivity index (χ2v) is 6.23. The molecule has 0 saturated carbocycles. The molecule has 1 saturated heterocycles. The van der Waals surface area contributed by atoms with E-state index in [2.05, 4.69) is 5.32 Å². The first kappa shape index (κ1) is 20.4. The van der Waals surface area contributed by atoms with Gasteiger partial charge < -0.3 is 14.8 Å². The third-order valence-electron chi connectivity index (χ3n) is 4.31. The molecule has 2 amide bonds. The highest BCUT2D eigenvalue weighted by atomic mass is 19.4. The average Bonchev–Trinajstić information content (AvgIpc) is 3.07. The maximum atomic E-state index is 14.0. The molecule has 1 fully saturated rings. The van der Waals surface area contributed by atoms with Gasteiger partial charge in [-0.3, -0.25) is 4.90 Å². The molecule has 0 radical (unpaired) electrons. The molecule has 3 rings (SSSR count). The van der Waals surface area contributed by atoms with Gasteiger partial charge in [-0.2, -0.15) is 13.2 Å². The highest BCUT2D eigenvalue weighted by Crippen LogP contribution is 2.44. The van der Waals surface area contributed by atoms with Crippen molar-refractivity contribution in [1.29, 1.82) is 0 Å². The third kappa shape index (κ3) is 4.10. The summed E-state index contributed by atoms with van der Waals surface area (Å²) in [4.78, 5) is 24.7. The molecule has 0 spiro atoms. The number of nitrogens with one attached hydrogen (secondary N) is 1. The van der Waals surface area contributed by atoms with Crippen LogP contribution >= 0.6 is 0 Å². The topological polar surface area (TPSA) is 67.9 Å². The molecule has 1 aliphatic rings. The number of benzene rings is 2. The molecule has 2 aromatic rings. The SMILES string of the molecule is CNC(=O)Oc1ccc(F)cc1-c1c(C)cc(C(F)(F)F)cc1N1CCOC1=O. The van der Waals surface area contributed by atoms with E-state index in [0.717, 1.165) is 29.2 Å². The minimum atomic E-state index is -4.66. The van der Waals surface area contributed by atoms with Crippen LogP contribution in [-0.4, -0.2) is 32.4 Å². The summed E-state index contributed by atoms with van der Waals surface area (Å²) < 4.78 is 64.0. The summed E-state index contributed by atoms with van der Waals surface area (Å²) >= 11 is 0. The number of rotatable bonds is 3.